The van der Waals surface area contributed by atoms with Gasteiger partial charge >= 0.3 is 0 Å². The first-order valence-electron chi connectivity index (χ1n) is 18.3. The molecule has 0 N–H and O–H groups in total. The van der Waals surface area contributed by atoms with E-state index in [0.29, 0.717) is 12.5 Å². The van der Waals surface area contributed by atoms with Crippen LogP contribution in [0.5, 0.6) is 0 Å². The van der Waals surface area contributed by atoms with Crippen molar-refractivity contribution in [2.75, 3.05) is 11.5 Å². The molecule has 2 aliphatic heterocycles. The van der Waals surface area contributed by atoms with Gasteiger partial charge < -0.3 is 9.64 Å². The number of aliphatic imine (C=N–C) groups is 1. The minimum atomic E-state index is -0.218. The van der Waals surface area contributed by atoms with Crippen molar-refractivity contribution in [3.63, 3.8) is 0 Å². The van der Waals surface area contributed by atoms with Gasteiger partial charge in [0, 0.05) is 33.6 Å². The molecular formula is C45H46N4O. The molecule has 0 saturated heterocycles. The van der Waals surface area contributed by atoms with E-state index >= 15 is 0 Å². The lowest BCUT2D eigenvalue weighted by molar-refractivity contribution is 0.279. The molecule has 1 fully saturated rings. The molecule has 0 spiro atoms. The Morgan fingerprint density at radius 1 is 0.780 bits per heavy atom. The van der Waals surface area contributed by atoms with Gasteiger partial charge in [0.15, 0.2) is 0 Å². The van der Waals surface area contributed by atoms with E-state index in [4.69, 9.17) is 14.7 Å². The summed E-state index contributed by atoms with van der Waals surface area (Å²) >= 11 is 0. The Hall–Kier alpha value is -4.90. The van der Waals surface area contributed by atoms with E-state index in [1.165, 1.54) is 70.1 Å². The maximum absolute atomic E-state index is 6.34. The molecule has 3 aliphatic rings. The lowest BCUT2D eigenvalue weighted by Gasteiger charge is -2.42. The average Bonchev–Trinajstić information content (AvgIpc) is 3.87. The van der Waals surface area contributed by atoms with E-state index < -0.39 is 0 Å². The third kappa shape index (κ3) is 4.88. The first kappa shape index (κ1) is 31.1. The number of ether oxygens (including phenoxy) is 1. The molecule has 0 amide bonds. The van der Waals surface area contributed by atoms with Gasteiger partial charge in [-0.2, -0.15) is 0 Å². The van der Waals surface area contributed by atoms with Crippen molar-refractivity contribution < 1.29 is 4.74 Å². The normalized spacial score (nSPS) is 18.7. The molecule has 4 aromatic carbocycles. The van der Waals surface area contributed by atoms with Crippen molar-refractivity contribution in [2.45, 2.75) is 84.1 Å². The van der Waals surface area contributed by atoms with Gasteiger partial charge in [-0.05, 0) is 108 Å². The minimum Gasteiger partial charge on any atom is -0.475 e. The summed E-state index contributed by atoms with van der Waals surface area (Å²) in [6, 6.07) is 34.0. The number of hydrogen-bond donors (Lipinski definition) is 0. The fraction of sp³-hybridized carbons (Fsp3) is 0.333. The molecule has 1 saturated carbocycles. The van der Waals surface area contributed by atoms with Crippen LogP contribution >= 0.6 is 0 Å². The lowest BCUT2D eigenvalue weighted by atomic mass is 9.73. The lowest BCUT2D eigenvalue weighted by Crippen LogP contribution is -2.30. The van der Waals surface area contributed by atoms with Crippen LogP contribution in [0, 0.1) is 12.8 Å². The van der Waals surface area contributed by atoms with Crippen LogP contribution in [0.15, 0.2) is 102 Å². The van der Waals surface area contributed by atoms with Crippen LogP contribution in [-0.2, 0) is 15.6 Å². The fourth-order valence-corrected chi connectivity index (χ4v) is 8.84. The smallest absolute Gasteiger partial charge is 0.216 e. The van der Waals surface area contributed by atoms with Gasteiger partial charge in [0.1, 0.15) is 12.4 Å². The Morgan fingerprint density at radius 2 is 1.56 bits per heavy atom. The Morgan fingerprint density at radius 3 is 2.38 bits per heavy atom. The molecule has 6 aromatic rings. The molecule has 1 aliphatic carbocycles. The Balaban J connectivity index is 1.28. The quantitative estimate of drug-likeness (QED) is 0.189. The molecule has 1 atom stereocenters. The highest BCUT2D eigenvalue weighted by Crippen LogP contribution is 2.54. The molecule has 2 aromatic heterocycles. The third-order valence-electron chi connectivity index (χ3n) is 11.5. The van der Waals surface area contributed by atoms with E-state index in [1.54, 1.807) is 0 Å². The van der Waals surface area contributed by atoms with E-state index in [9.17, 15) is 0 Å². The molecule has 4 heterocycles. The predicted molar refractivity (Wildman–Crippen MR) is 207 cm³/mol. The number of aryl methyl sites for hydroxylation is 1. The van der Waals surface area contributed by atoms with Gasteiger partial charge in [-0.3, -0.25) is 4.57 Å². The van der Waals surface area contributed by atoms with Crippen LogP contribution in [0.25, 0.3) is 27.6 Å². The SMILES string of the molecule is Cc1cc(C2=N[C@H](C3CCCC3)CO2)cc(N2c3ccccc3C(C)(C)c3cc4c5ccccc5n(-c5cc(C(C)(C)C)ccn5)c4cc32)c1. The Labute approximate surface area is 295 Å². The summed E-state index contributed by atoms with van der Waals surface area (Å²) in [6.45, 7) is 14.4. The molecule has 5 nitrogen and oxygen atoms in total. The zero-order chi connectivity index (χ0) is 34.4. The molecule has 252 valence electrons. The highest BCUT2D eigenvalue weighted by molar-refractivity contribution is 6.11. The van der Waals surface area contributed by atoms with Gasteiger partial charge in [0.05, 0.1) is 28.5 Å². The number of anilines is 3. The second-order valence-electron chi connectivity index (χ2n) is 16.3. The summed E-state index contributed by atoms with van der Waals surface area (Å²) in [6.07, 6.45) is 7.12. The molecule has 0 unspecified atom stereocenters. The van der Waals surface area contributed by atoms with Crippen molar-refractivity contribution in [2.24, 2.45) is 10.9 Å². The van der Waals surface area contributed by atoms with Crippen LogP contribution < -0.4 is 4.90 Å². The van der Waals surface area contributed by atoms with Crippen LogP contribution in [0.2, 0.25) is 0 Å². The number of rotatable bonds is 4. The molecule has 0 bridgehead atoms. The zero-order valence-corrected chi connectivity index (χ0v) is 30.1. The van der Waals surface area contributed by atoms with Gasteiger partial charge in [0.2, 0.25) is 5.90 Å². The Kier molecular flexibility index (Phi) is 7.04. The number of aromatic nitrogens is 2. The summed E-state index contributed by atoms with van der Waals surface area (Å²) < 4.78 is 8.70. The van der Waals surface area contributed by atoms with E-state index in [-0.39, 0.29) is 16.9 Å². The summed E-state index contributed by atoms with van der Waals surface area (Å²) in [5.74, 6) is 2.38. The predicted octanol–water partition coefficient (Wildman–Crippen LogP) is 11.2. The van der Waals surface area contributed by atoms with Gasteiger partial charge in [-0.15, -0.1) is 0 Å². The van der Waals surface area contributed by atoms with E-state index in [1.807, 2.05) is 6.20 Å². The van der Waals surface area contributed by atoms with Crippen molar-refractivity contribution in [1.29, 1.82) is 0 Å². The summed E-state index contributed by atoms with van der Waals surface area (Å²) in [7, 11) is 0. The highest BCUT2D eigenvalue weighted by Gasteiger charge is 2.38. The summed E-state index contributed by atoms with van der Waals surface area (Å²) in [5, 5.41) is 2.48. The molecule has 50 heavy (non-hydrogen) atoms. The van der Waals surface area contributed by atoms with Crippen molar-refractivity contribution in [3.8, 4) is 5.82 Å². The largest absolute Gasteiger partial charge is 0.475 e. The van der Waals surface area contributed by atoms with Gasteiger partial charge in [-0.25, -0.2) is 9.98 Å². The molecule has 5 heteroatoms. The standard InChI is InChI=1S/C45H46N4O/c1-28-21-30(43-47-37(27-50-43)29-13-7-8-14-29)23-32(22-28)48-39-18-12-10-16-35(39)45(5,6)36-25-34-33-15-9-11-17-38(33)49(40(34)26-41(36)48)42-24-31(19-20-46-42)44(2,3)4/h9-12,15-26,29,37H,7-8,13-14,27H2,1-6H3/t37-/m0/s1. The highest BCUT2D eigenvalue weighted by atomic mass is 16.5. The topological polar surface area (TPSA) is 42.6 Å². The van der Waals surface area contributed by atoms with E-state index in [0.717, 1.165) is 34.0 Å². The summed E-state index contributed by atoms with van der Waals surface area (Å²) in [4.78, 5) is 12.6. The minimum absolute atomic E-state index is 0.00741. The molecular weight excluding hydrogens is 613 g/mol. The second kappa shape index (κ2) is 11.3. The monoisotopic (exact) mass is 658 g/mol. The number of hydrogen-bond acceptors (Lipinski definition) is 4. The van der Waals surface area contributed by atoms with Crippen molar-refractivity contribution >= 4 is 44.8 Å². The number of pyridine rings is 1. The van der Waals surface area contributed by atoms with Crippen LogP contribution in [0.4, 0.5) is 17.1 Å². The van der Waals surface area contributed by atoms with Crippen LogP contribution in [-0.4, -0.2) is 28.1 Å². The molecule has 0 radical (unpaired) electrons. The van der Waals surface area contributed by atoms with Crippen molar-refractivity contribution in [1.82, 2.24) is 9.55 Å². The maximum Gasteiger partial charge on any atom is 0.216 e. The Bertz CT molecular complexity index is 2330. The third-order valence-corrected chi connectivity index (χ3v) is 11.5. The first-order chi connectivity index (χ1) is 24.1. The van der Waals surface area contributed by atoms with Crippen LogP contribution in [0.1, 0.15) is 88.1 Å². The molecule has 9 rings (SSSR count). The number of benzene rings is 4. The maximum atomic E-state index is 6.34. The van der Waals surface area contributed by atoms with Gasteiger partial charge in [-0.1, -0.05) is 83.9 Å². The zero-order valence-electron chi connectivity index (χ0n) is 30.1. The van der Waals surface area contributed by atoms with Crippen molar-refractivity contribution in [3.05, 3.63) is 125 Å². The van der Waals surface area contributed by atoms with Crippen LogP contribution in [0.3, 0.4) is 0 Å². The number of para-hydroxylation sites is 2. The van der Waals surface area contributed by atoms with E-state index in [2.05, 4.69) is 142 Å². The van der Waals surface area contributed by atoms with Gasteiger partial charge in [0.25, 0.3) is 0 Å². The summed E-state index contributed by atoms with van der Waals surface area (Å²) in [5.41, 5.74) is 11.8. The average molecular weight is 659 g/mol. The second-order valence-corrected chi connectivity index (χ2v) is 16.3. The first-order valence-corrected chi connectivity index (χ1v) is 18.3. The number of nitrogens with zero attached hydrogens (tertiary/aromatic N) is 4. The number of fused-ring (bicyclic) bond motifs is 5. The fourth-order valence-electron chi connectivity index (χ4n) is 8.84.